The minimum absolute atomic E-state index is 0.108. The van der Waals surface area contributed by atoms with Gasteiger partial charge in [0.05, 0.1) is 6.61 Å². The second-order valence-electron chi connectivity index (χ2n) is 9.34. The summed E-state index contributed by atoms with van der Waals surface area (Å²) in [6, 6.07) is 25.5. The average Bonchev–Trinajstić information content (AvgIpc) is 2.93. The zero-order valence-corrected chi connectivity index (χ0v) is 22.4. The Hall–Kier alpha value is -3.70. The highest BCUT2D eigenvalue weighted by Crippen LogP contribution is 2.18. The Morgan fingerprint density at radius 2 is 1.54 bits per heavy atom. The van der Waals surface area contributed by atoms with Gasteiger partial charge in [-0.05, 0) is 41.7 Å². The van der Waals surface area contributed by atoms with Crippen LogP contribution in [-0.2, 0) is 33.7 Å². The highest BCUT2D eigenvalue weighted by Gasteiger charge is 2.31. The number of nitrogens with zero attached hydrogens (tertiary/aromatic N) is 2. The predicted molar refractivity (Wildman–Crippen MR) is 150 cm³/mol. The Bertz CT molecular complexity index is 1150. The number of carbonyl (C=O) groups is 2. The summed E-state index contributed by atoms with van der Waals surface area (Å²) >= 11 is 0. The van der Waals surface area contributed by atoms with Crippen molar-refractivity contribution in [2.75, 3.05) is 27.3 Å². The molecule has 0 fully saturated rings. The summed E-state index contributed by atoms with van der Waals surface area (Å²) in [6.45, 7) is 5.37. The maximum atomic E-state index is 13.8. The van der Waals surface area contributed by atoms with Crippen LogP contribution >= 0.6 is 0 Å². The van der Waals surface area contributed by atoms with Crippen LogP contribution in [0.4, 0.5) is 0 Å². The molecule has 3 aromatic rings. The Morgan fingerprint density at radius 1 is 0.892 bits per heavy atom. The zero-order valence-electron chi connectivity index (χ0n) is 22.4. The van der Waals surface area contributed by atoms with Crippen LogP contribution in [0, 0.1) is 6.92 Å². The van der Waals surface area contributed by atoms with E-state index in [1.54, 1.807) is 30.0 Å². The van der Waals surface area contributed by atoms with Gasteiger partial charge in [0.15, 0.2) is 0 Å². The van der Waals surface area contributed by atoms with E-state index in [9.17, 15) is 9.59 Å². The molecule has 5 heteroatoms. The lowest BCUT2D eigenvalue weighted by atomic mass is 10.0. The zero-order chi connectivity index (χ0) is 26.6. The molecule has 0 radical (unpaired) electrons. The summed E-state index contributed by atoms with van der Waals surface area (Å²) in [5, 5.41) is 0. The van der Waals surface area contributed by atoms with Gasteiger partial charge in [-0.15, -0.1) is 0 Å². The number of carbonyl (C=O) groups excluding carboxylic acids is 2. The number of ether oxygens (including phenoxy) is 1. The van der Waals surface area contributed by atoms with E-state index in [0.29, 0.717) is 26.1 Å². The number of hydrogen-bond acceptors (Lipinski definition) is 3. The molecule has 194 valence electrons. The topological polar surface area (TPSA) is 49.9 Å². The van der Waals surface area contributed by atoms with Crippen molar-refractivity contribution in [3.8, 4) is 0 Å². The van der Waals surface area contributed by atoms with Gasteiger partial charge in [0, 0.05) is 39.7 Å². The number of amides is 2. The maximum Gasteiger partial charge on any atom is 0.247 e. The maximum absolute atomic E-state index is 13.8. The van der Waals surface area contributed by atoms with Gasteiger partial charge >= 0.3 is 0 Å². The molecule has 3 aromatic carbocycles. The Morgan fingerprint density at radius 3 is 2.16 bits per heavy atom. The Kier molecular flexibility index (Phi) is 10.7. The average molecular weight is 499 g/mol. The molecule has 0 bridgehead atoms. The SMILES string of the molecule is CCc1ccc(CN(C(=O)C=Cc2ccc(C)cc2)[C@@H](Cc2ccccc2)C(=O)N(C)CCOC)cc1. The summed E-state index contributed by atoms with van der Waals surface area (Å²) in [5.41, 5.74) is 5.32. The molecular formula is C32H38N2O3. The van der Waals surface area contributed by atoms with Crippen LogP contribution < -0.4 is 0 Å². The molecule has 0 saturated heterocycles. The number of likely N-dealkylation sites (N-methyl/N-ethyl adjacent to an activating group) is 1. The lowest BCUT2D eigenvalue weighted by Gasteiger charge is -2.33. The van der Waals surface area contributed by atoms with Crippen molar-refractivity contribution in [3.05, 3.63) is 113 Å². The molecule has 3 rings (SSSR count). The lowest BCUT2D eigenvalue weighted by molar-refractivity contribution is -0.143. The molecule has 37 heavy (non-hydrogen) atoms. The first-order valence-electron chi connectivity index (χ1n) is 12.8. The molecule has 0 aromatic heterocycles. The normalized spacial score (nSPS) is 11.9. The fourth-order valence-corrected chi connectivity index (χ4v) is 4.12. The molecule has 0 saturated carbocycles. The van der Waals surface area contributed by atoms with E-state index in [-0.39, 0.29) is 11.8 Å². The van der Waals surface area contributed by atoms with Gasteiger partial charge in [0.2, 0.25) is 11.8 Å². The number of methoxy groups -OCH3 is 1. The van der Waals surface area contributed by atoms with E-state index in [0.717, 1.165) is 28.7 Å². The van der Waals surface area contributed by atoms with Crippen LogP contribution in [0.3, 0.4) is 0 Å². The highest BCUT2D eigenvalue weighted by atomic mass is 16.5. The van der Waals surface area contributed by atoms with Gasteiger partial charge < -0.3 is 14.5 Å². The van der Waals surface area contributed by atoms with Gasteiger partial charge in [-0.1, -0.05) is 91.3 Å². The standard InChI is InChI=1S/C32H38N2O3/c1-5-26-15-17-29(18-16-26)24-34(31(35)20-19-27-13-11-25(2)12-14-27)30(23-28-9-7-6-8-10-28)32(36)33(3)21-22-37-4/h6-20,30H,5,21-24H2,1-4H3/t30-/m0/s1. The Balaban J connectivity index is 1.97. The van der Waals surface area contributed by atoms with Crippen molar-refractivity contribution in [1.82, 2.24) is 9.80 Å². The highest BCUT2D eigenvalue weighted by molar-refractivity contribution is 5.95. The molecule has 0 aliphatic rings. The van der Waals surface area contributed by atoms with Crippen molar-refractivity contribution in [3.63, 3.8) is 0 Å². The molecule has 0 aliphatic carbocycles. The smallest absolute Gasteiger partial charge is 0.247 e. The number of aryl methyl sites for hydroxylation is 2. The quantitative estimate of drug-likeness (QED) is 0.318. The molecular weight excluding hydrogens is 460 g/mol. The third-order valence-corrected chi connectivity index (χ3v) is 6.50. The van der Waals surface area contributed by atoms with E-state index in [1.807, 2.05) is 79.7 Å². The first-order chi connectivity index (χ1) is 17.9. The van der Waals surface area contributed by atoms with Crippen molar-refractivity contribution in [1.29, 1.82) is 0 Å². The molecule has 0 heterocycles. The van der Waals surface area contributed by atoms with Gasteiger partial charge in [0.25, 0.3) is 0 Å². The summed E-state index contributed by atoms with van der Waals surface area (Å²) < 4.78 is 5.20. The van der Waals surface area contributed by atoms with Gasteiger partial charge in [-0.3, -0.25) is 9.59 Å². The second-order valence-corrected chi connectivity index (χ2v) is 9.34. The molecule has 2 amide bonds. The summed E-state index contributed by atoms with van der Waals surface area (Å²) in [6.07, 6.45) is 4.76. The van der Waals surface area contributed by atoms with Crippen LogP contribution in [0.5, 0.6) is 0 Å². The molecule has 1 atom stereocenters. The number of benzene rings is 3. The van der Waals surface area contributed by atoms with Gasteiger partial charge in [-0.2, -0.15) is 0 Å². The first kappa shape index (κ1) is 27.9. The molecule has 0 N–H and O–H groups in total. The van der Waals surface area contributed by atoms with Crippen LogP contribution in [0.2, 0.25) is 0 Å². The summed E-state index contributed by atoms with van der Waals surface area (Å²) in [5.74, 6) is -0.308. The first-order valence-corrected chi connectivity index (χ1v) is 12.8. The third-order valence-electron chi connectivity index (χ3n) is 6.50. The predicted octanol–water partition coefficient (Wildman–Crippen LogP) is 5.32. The third kappa shape index (κ3) is 8.43. The lowest BCUT2D eigenvalue weighted by Crippen LogP contribution is -2.51. The second kappa shape index (κ2) is 14.1. The van der Waals surface area contributed by atoms with Crippen LogP contribution in [0.1, 0.15) is 34.7 Å². The monoisotopic (exact) mass is 498 g/mol. The summed E-state index contributed by atoms with van der Waals surface area (Å²) in [4.78, 5) is 30.8. The molecule has 5 nitrogen and oxygen atoms in total. The number of hydrogen-bond donors (Lipinski definition) is 0. The van der Waals surface area contributed by atoms with Crippen molar-refractivity contribution in [2.24, 2.45) is 0 Å². The molecule has 0 aliphatic heterocycles. The molecule has 0 spiro atoms. The van der Waals surface area contributed by atoms with Crippen LogP contribution in [0.15, 0.2) is 84.9 Å². The fraction of sp³-hybridized carbons (Fsp3) is 0.312. The van der Waals surface area contributed by atoms with Gasteiger partial charge in [-0.25, -0.2) is 0 Å². The van der Waals surface area contributed by atoms with E-state index >= 15 is 0 Å². The van der Waals surface area contributed by atoms with Crippen LogP contribution in [0.25, 0.3) is 6.08 Å². The van der Waals surface area contributed by atoms with E-state index in [4.69, 9.17) is 4.74 Å². The fourth-order valence-electron chi connectivity index (χ4n) is 4.12. The van der Waals surface area contributed by atoms with Gasteiger partial charge in [0.1, 0.15) is 6.04 Å². The van der Waals surface area contributed by atoms with E-state index in [1.165, 1.54) is 5.56 Å². The van der Waals surface area contributed by atoms with E-state index in [2.05, 4.69) is 19.1 Å². The van der Waals surface area contributed by atoms with Crippen molar-refractivity contribution in [2.45, 2.75) is 39.3 Å². The molecule has 0 unspecified atom stereocenters. The minimum atomic E-state index is -0.662. The largest absolute Gasteiger partial charge is 0.383 e. The van der Waals surface area contributed by atoms with Crippen LogP contribution in [-0.4, -0.2) is 55.0 Å². The number of rotatable bonds is 12. The Labute approximate surface area is 221 Å². The minimum Gasteiger partial charge on any atom is -0.383 e. The van der Waals surface area contributed by atoms with Crippen molar-refractivity contribution < 1.29 is 14.3 Å². The van der Waals surface area contributed by atoms with E-state index < -0.39 is 6.04 Å². The van der Waals surface area contributed by atoms with Crippen molar-refractivity contribution >= 4 is 17.9 Å². The summed E-state index contributed by atoms with van der Waals surface area (Å²) in [7, 11) is 3.38.